The number of carbonyl (C=O) groups excluding carboxylic acids is 2. The van der Waals surface area contributed by atoms with Crippen molar-refractivity contribution in [2.24, 2.45) is 34.5 Å². The van der Waals surface area contributed by atoms with Crippen molar-refractivity contribution in [2.45, 2.75) is 65.8 Å². The van der Waals surface area contributed by atoms with Gasteiger partial charge in [-0.2, -0.15) is 0 Å². The maximum Gasteiger partial charge on any atom is 0.334 e. The minimum absolute atomic E-state index is 0.0284. The summed E-state index contributed by atoms with van der Waals surface area (Å²) in [4.78, 5) is 26.9. The molecule has 6 heteroatoms. The van der Waals surface area contributed by atoms with E-state index in [9.17, 15) is 24.9 Å². The first-order valence-corrected chi connectivity index (χ1v) is 11.2. The molecule has 170 valence electrons. The molecule has 2 bridgehead atoms. The minimum Gasteiger partial charge on any atom is -0.451 e. The number of rotatable bonds is 3. The highest BCUT2D eigenvalue weighted by Crippen LogP contribution is 2.71. The fraction of sp³-hybridized carbons (Fsp3) is 0.680. The predicted molar refractivity (Wildman–Crippen MR) is 115 cm³/mol. The Bertz CT molecular complexity index is 926. The highest BCUT2D eigenvalue weighted by molar-refractivity contribution is 5.95. The highest BCUT2D eigenvalue weighted by Gasteiger charge is 2.76. The molecule has 0 aliphatic heterocycles. The molecule has 3 N–H and O–H groups in total. The van der Waals surface area contributed by atoms with E-state index >= 15 is 0 Å². The smallest absolute Gasteiger partial charge is 0.334 e. The zero-order chi connectivity index (χ0) is 23.1. The molecule has 6 nitrogen and oxygen atoms in total. The molecule has 8 atom stereocenters. The molecule has 0 saturated heterocycles. The topological polar surface area (TPSA) is 104 Å². The van der Waals surface area contributed by atoms with Gasteiger partial charge in [-0.25, -0.2) is 4.79 Å². The molecule has 2 saturated carbocycles. The van der Waals surface area contributed by atoms with Gasteiger partial charge < -0.3 is 20.1 Å². The van der Waals surface area contributed by atoms with Gasteiger partial charge in [0, 0.05) is 11.5 Å². The summed E-state index contributed by atoms with van der Waals surface area (Å²) in [6.07, 6.45) is 3.04. The highest BCUT2D eigenvalue weighted by atomic mass is 16.6. The van der Waals surface area contributed by atoms with Crippen molar-refractivity contribution >= 4 is 11.8 Å². The first kappa shape index (κ1) is 22.4. The lowest BCUT2D eigenvalue weighted by molar-refractivity contribution is -0.202. The summed E-state index contributed by atoms with van der Waals surface area (Å²) >= 11 is 0. The van der Waals surface area contributed by atoms with Crippen molar-refractivity contribution in [1.82, 2.24) is 0 Å². The maximum absolute atomic E-state index is 14.2. The van der Waals surface area contributed by atoms with Crippen LogP contribution in [0.2, 0.25) is 0 Å². The van der Waals surface area contributed by atoms with Crippen molar-refractivity contribution in [2.75, 3.05) is 6.61 Å². The van der Waals surface area contributed by atoms with E-state index in [1.165, 1.54) is 0 Å². The van der Waals surface area contributed by atoms with E-state index in [0.717, 1.165) is 6.42 Å². The Morgan fingerprint density at radius 2 is 2.00 bits per heavy atom. The summed E-state index contributed by atoms with van der Waals surface area (Å²) in [6, 6.07) is 0. The number of aliphatic hydroxyl groups is 3. The third-order valence-corrected chi connectivity index (χ3v) is 8.88. The van der Waals surface area contributed by atoms with Crippen LogP contribution in [0.1, 0.15) is 48.0 Å². The molecule has 0 amide bonds. The van der Waals surface area contributed by atoms with Gasteiger partial charge >= 0.3 is 5.97 Å². The third-order valence-electron chi connectivity index (χ3n) is 8.88. The molecule has 3 unspecified atom stereocenters. The van der Waals surface area contributed by atoms with Gasteiger partial charge in [-0.15, -0.1) is 0 Å². The van der Waals surface area contributed by atoms with Crippen molar-refractivity contribution in [3.05, 3.63) is 34.9 Å². The molecule has 0 heterocycles. The Labute approximate surface area is 183 Å². The van der Waals surface area contributed by atoms with Gasteiger partial charge in [0.2, 0.25) is 0 Å². The average molecular weight is 431 g/mol. The standard InChI is InChI=1S/C25H34O6/c1-7-12(2)22(29)31-21-15(11-26)9-16-18-17(23(18,5)6)8-14(4)24(20(16)28)10-13(3)19(27)25(21,24)30/h7,9-10,14,16-19,21,26-27,30H,8,11H2,1-6H3/t14?,16-,17?,18?,19-,21+,24-,25+/m0/s1. The summed E-state index contributed by atoms with van der Waals surface area (Å²) in [7, 11) is 0. The van der Waals surface area contributed by atoms with E-state index in [1.54, 1.807) is 39.0 Å². The van der Waals surface area contributed by atoms with Crippen LogP contribution in [0.4, 0.5) is 0 Å². The zero-order valence-corrected chi connectivity index (χ0v) is 19.2. The summed E-state index contributed by atoms with van der Waals surface area (Å²) in [5.41, 5.74) is -2.40. The van der Waals surface area contributed by atoms with Crippen LogP contribution >= 0.6 is 0 Å². The Hall–Kier alpha value is -1.76. The molecule has 0 aromatic carbocycles. The molecule has 2 fully saturated rings. The fourth-order valence-electron chi connectivity index (χ4n) is 6.89. The van der Waals surface area contributed by atoms with E-state index < -0.39 is 41.7 Å². The lowest BCUT2D eigenvalue weighted by Gasteiger charge is -2.49. The van der Waals surface area contributed by atoms with Gasteiger partial charge in [-0.05, 0) is 61.5 Å². The molecule has 0 aromatic heterocycles. The quantitative estimate of drug-likeness (QED) is 0.361. The molecule has 0 aromatic rings. The van der Waals surface area contributed by atoms with Crippen molar-refractivity contribution in [3.8, 4) is 0 Å². The predicted octanol–water partition coefficient (Wildman–Crippen LogP) is 2.33. The summed E-state index contributed by atoms with van der Waals surface area (Å²) in [5.74, 6) is -1.18. The maximum atomic E-state index is 14.2. The van der Waals surface area contributed by atoms with E-state index in [1.807, 2.05) is 6.92 Å². The number of ketones is 1. The Balaban J connectivity index is 1.96. The van der Waals surface area contributed by atoms with Crippen LogP contribution < -0.4 is 0 Å². The zero-order valence-electron chi connectivity index (χ0n) is 19.2. The fourth-order valence-corrected chi connectivity index (χ4v) is 6.89. The number of allylic oxidation sites excluding steroid dienone is 2. The van der Waals surface area contributed by atoms with E-state index in [2.05, 4.69) is 13.8 Å². The molecule has 31 heavy (non-hydrogen) atoms. The Morgan fingerprint density at radius 1 is 1.35 bits per heavy atom. The Kier molecular flexibility index (Phi) is 4.97. The molecular formula is C25H34O6. The number of carbonyl (C=O) groups is 2. The monoisotopic (exact) mass is 430 g/mol. The van der Waals surface area contributed by atoms with Crippen molar-refractivity contribution in [1.29, 1.82) is 0 Å². The number of hydrogen-bond donors (Lipinski definition) is 3. The van der Waals surface area contributed by atoms with E-state index in [-0.39, 0.29) is 28.6 Å². The van der Waals surface area contributed by atoms with Crippen LogP contribution in [0, 0.1) is 34.5 Å². The second-order valence-electron chi connectivity index (χ2n) is 10.6. The lowest BCUT2D eigenvalue weighted by atomic mass is 9.59. The molecule has 4 aliphatic carbocycles. The van der Waals surface area contributed by atoms with Crippen LogP contribution in [0.5, 0.6) is 0 Å². The van der Waals surface area contributed by atoms with Crippen molar-refractivity contribution in [3.63, 3.8) is 0 Å². The largest absolute Gasteiger partial charge is 0.451 e. The van der Waals surface area contributed by atoms with Gasteiger partial charge in [0.15, 0.2) is 17.5 Å². The van der Waals surface area contributed by atoms with Gasteiger partial charge in [0.25, 0.3) is 0 Å². The normalized spacial score (nSPS) is 45.6. The van der Waals surface area contributed by atoms with Crippen LogP contribution in [0.15, 0.2) is 34.9 Å². The lowest BCUT2D eigenvalue weighted by Crippen LogP contribution is -2.66. The SMILES string of the molecule is CC=C(C)C(=O)O[C@@H]1C(CO)=C[C@@H]2C(=O)[C@]3(C=C(C)[C@H](O)[C@@]13O)C(C)CC1C2C1(C)C. The number of Topliss-reactive ketones (excluding diaryl/α,β-unsaturated/α-hetero) is 1. The summed E-state index contributed by atoms with van der Waals surface area (Å²) in [6.45, 7) is 10.8. The molecular weight excluding hydrogens is 396 g/mol. The van der Waals surface area contributed by atoms with Gasteiger partial charge in [0.05, 0.1) is 12.0 Å². The number of ether oxygens (including phenoxy) is 1. The van der Waals surface area contributed by atoms with Crippen LogP contribution in [0.3, 0.4) is 0 Å². The van der Waals surface area contributed by atoms with E-state index in [0.29, 0.717) is 17.1 Å². The number of fused-ring (bicyclic) bond motifs is 3. The summed E-state index contributed by atoms with van der Waals surface area (Å²) in [5, 5.41) is 33.7. The van der Waals surface area contributed by atoms with Crippen LogP contribution in [0.25, 0.3) is 0 Å². The van der Waals surface area contributed by atoms with Gasteiger partial charge in [-0.3, -0.25) is 4.79 Å². The molecule has 1 spiro atoms. The van der Waals surface area contributed by atoms with Crippen LogP contribution in [-0.4, -0.2) is 51.5 Å². The second-order valence-corrected chi connectivity index (χ2v) is 10.6. The number of aliphatic hydroxyl groups excluding tert-OH is 2. The number of hydrogen-bond acceptors (Lipinski definition) is 6. The molecule has 4 aliphatic rings. The minimum atomic E-state index is -2.08. The summed E-state index contributed by atoms with van der Waals surface area (Å²) < 4.78 is 5.77. The third kappa shape index (κ3) is 2.61. The Morgan fingerprint density at radius 3 is 2.58 bits per heavy atom. The first-order chi connectivity index (χ1) is 14.4. The molecule has 4 rings (SSSR count). The molecule has 0 radical (unpaired) electrons. The van der Waals surface area contributed by atoms with Crippen LogP contribution in [-0.2, 0) is 14.3 Å². The average Bonchev–Trinajstić information content (AvgIpc) is 3.23. The van der Waals surface area contributed by atoms with Gasteiger partial charge in [-0.1, -0.05) is 39.0 Å². The first-order valence-electron chi connectivity index (χ1n) is 11.2. The van der Waals surface area contributed by atoms with E-state index in [4.69, 9.17) is 4.74 Å². The number of esters is 1. The van der Waals surface area contributed by atoms with Gasteiger partial charge in [0.1, 0.15) is 6.10 Å². The van der Waals surface area contributed by atoms with Crippen molar-refractivity contribution < 1.29 is 29.6 Å². The second kappa shape index (κ2) is 6.87.